The van der Waals surface area contributed by atoms with Gasteiger partial charge in [0, 0.05) is 12.7 Å². The van der Waals surface area contributed by atoms with E-state index in [-0.39, 0.29) is 28.8 Å². The highest BCUT2D eigenvalue weighted by atomic mass is 35.5. The number of carbonyl (C=O) groups excluding carboxylic acids is 1. The smallest absolute Gasteiger partial charge is 0.330 e. The molecule has 0 bridgehead atoms. The lowest BCUT2D eigenvalue weighted by Gasteiger charge is -2.23. The van der Waals surface area contributed by atoms with Crippen molar-refractivity contribution in [1.82, 2.24) is 14.5 Å². The van der Waals surface area contributed by atoms with E-state index in [1.54, 1.807) is 12.1 Å². The van der Waals surface area contributed by atoms with Crippen molar-refractivity contribution < 1.29 is 9.21 Å². The fraction of sp³-hybridized carbons (Fsp3) is 0.263. The van der Waals surface area contributed by atoms with Gasteiger partial charge in [0.15, 0.2) is 5.69 Å². The van der Waals surface area contributed by atoms with Crippen molar-refractivity contribution in [3.63, 3.8) is 0 Å². The third-order valence-electron chi connectivity index (χ3n) is 4.33. The van der Waals surface area contributed by atoms with Crippen LogP contribution in [0.5, 0.6) is 0 Å². The summed E-state index contributed by atoms with van der Waals surface area (Å²) in [6, 6.07) is 6.29. The number of unbranched alkanes of at least 4 members (excludes halogenated alkanes) is 1. The molecule has 0 aromatic carbocycles. The highest BCUT2D eigenvalue weighted by Gasteiger charge is 2.26. The molecule has 152 valence electrons. The van der Waals surface area contributed by atoms with Gasteiger partial charge in [-0.25, -0.2) is 9.78 Å². The van der Waals surface area contributed by atoms with Crippen molar-refractivity contribution in [2.45, 2.75) is 32.9 Å². The summed E-state index contributed by atoms with van der Waals surface area (Å²) in [6.45, 7) is 2.22. The molecule has 3 N–H and O–H groups in total. The number of hydrogen-bond donors (Lipinski definition) is 2. The van der Waals surface area contributed by atoms with Gasteiger partial charge >= 0.3 is 5.69 Å². The van der Waals surface area contributed by atoms with Gasteiger partial charge in [-0.05, 0) is 30.7 Å². The van der Waals surface area contributed by atoms with Crippen LogP contribution in [-0.4, -0.2) is 20.4 Å². The molecule has 3 aromatic rings. The van der Waals surface area contributed by atoms with Crippen LogP contribution in [0.3, 0.4) is 0 Å². The first-order valence-electron chi connectivity index (χ1n) is 9.00. The Morgan fingerprint density at radius 3 is 2.76 bits per heavy atom. The van der Waals surface area contributed by atoms with Gasteiger partial charge in [-0.3, -0.25) is 24.0 Å². The molecule has 10 heteroatoms. The average molecular weight is 418 g/mol. The SMILES string of the molecule is CCCCn1c(N)c(N(Cc2ccco2)C(=O)c2ccc(Cl)nc2)c(=O)[nH]c1=O. The summed E-state index contributed by atoms with van der Waals surface area (Å²) < 4.78 is 6.59. The third kappa shape index (κ3) is 4.40. The number of nitrogens with two attached hydrogens (primary N) is 1. The highest BCUT2D eigenvalue weighted by molar-refractivity contribution is 6.29. The van der Waals surface area contributed by atoms with E-state index in [1.807, 2.05) is 6.92 Å². The van der Waals surface area contributed by atoms with Crippen molar-refractivity contribution in [3.8, 4) is 0 Å². The molecule has 0 spiro atoms. The summed E-state index contributed by atoms with van der Waals surface area (Å²) in [5.41, 5.74) is 4.87. The third-order valence-corrected chi connectivity index (χ3v) is 4.56. The van der Waals surface area contributed by atoms with E-state index in [2.05, 4.69) is 9.97 Å². The summed E-state index contributed by atoms with van der Waals surface area (Å²) in [6.07, 6.45) is 4.27. The number of halogens is 1. The van der Waals surface area contributed by atoms with Crippen molar-refractivity contribution in [3.05, 3.63) is 74.0 Å². The maximum atomic E-state index is 13.2. The minimum Gasteiger partial charge on any atom is -0.467 e. The van der Waals surface area contributed by atoms with Gasteiger partial charge in [0.1, 0.15) is 16.7 Å². The molecule has 29 heavy (non-hydrogen) atoms. The van der Waals surface area contributed by atoms with E-state index < -0.39 is 17.2 Å². The highest BCUT2D eigenvalue weighted by Crippen LogP contribution is 2.22. The van der Waals surface area contributed by atoms with Crippen LogP contribution in [0, 0.1) is 0 Å². The second-order valence-corrected chi connectivity index (χ2v) is 6.73. The normalized spacial score (nSPS) is 10.8. The van der Waals surface area contributed by atoms with Gasteiger partial charge in [0.2, 0.25) is 0 Å². The van der Waals surface area contributed by atoms with Gasteiger partial charge < -0.3 is 10.2 Å². The fourth-order valence-electron chi connectivity index (χ4n) is 2.85. The average Bonchev–Trinajstić information content (AvgIpc) is 3.20. The predicted octanol–water partition coefficient (Wildman–Crippen LogP) is 2.41. The molecule has 0 aliphatic rings. The molecular weight excluding hydrogens is 398 g/mol. The molecule has 0 fully saturated rings. The maximum absolute atomic E-state index is 13.2. The second kappa shape index (κ2) is 8.78. The van der Waals surface area contributed by atoms with Crippen LogP contribution in [0.1, 0.15) is 35.9 Å². The molecule has 0 saturated heterocycles. The molecule has 0 unspecified atom stereocenters. The molecule has 3 aromatic heterocycles. The summed E-state index contributed by atoms with van der Waals surface area (Å²) in [4.78, 5) is 45.4. The summed E-state index contributed by atoms with van der Waals surface area (Å²) in [5.74, 6) is -0.192. The topological polar surface area (TPSA) is 127 Å². The van der Waals surface area contributed by atoms with Gasteiger partial charge in [0.05, 0.1) is 18.4 Å². The molecule has 0 saturated carbocycles. The first kappa shape index (κ1) is 20.4. The van der Waals surface area contributed by atoms with Crippen LogP contribution in [0.25, 0.3) is 0 Å². The number of anilines is 2. The number of carbonyl (C=O) groups is 1. The van der Waals surface area contributed by atoms with Crippen LogP contribution < -0.4 is 21.9 Å². The lowest BCUT2D eigenvalue weighted by Crippen LogP contribution is -2.41. The van der Waals surface area contributed by atoms with Crippen molar-refractivity contribution in [2.24, 2.45) is 0 Å². The minimum absolute atomic E-state index is 0.0618. The monoisotopic (exact) mass is 417 g/mol. The zero-order valence-electron chi connectivity index (χ0n) is 15.7. The molecule has 9 nitrogen and oxygen atoms in total. The Balaban J connectivity index is 2.13. The quantitative estimate of drug-likeness (QED) is 0.568. The number of nitrogens with one attached hydrogen (secondary N) is 1. The Labute approximate surface area is 170 Å². The Morgan fingerprint density at radius 1 is 1.34 bits per heavy atom. The van der Waals surface area contributed by atoms with Crippen molar-refractivity contribution in [1.29, 1.82) is 0 Å². The number of furan rings is 1. The molecular formula is C19H20ClN5O4. The Morgan fingerprint density at radius 2 is 2.14 bits per heavy atom. The predicted molar refractivity (Wildman–Crippen MR) is 109 cm³/mol. The van der Waals surface area contributed by atoms with E-state index >= 15 is 0 Å². The first-order valence-corrected chi connectivity index (χ1v) is 9.38. The van der Waals surface area contributed by atoms with E-state index in [0.29, 0.717) is 18.7 Å². The number of rotatable bonds is 7. The lowest BCUT2D eigenvalue weighted by atomic mass is 10.2. The molecule has 1 amide bonds. The summed E-state index contributed by atoms with van der Waals surface area (Å²) in [5, 5.41) is 0.226. The Bertz CT molecular complexity index is 1100. The number of nitrogens with zero attached hydrogens (tertiary/aromatic N) is 3. The standard InChI is InChI=1S/C19H20ClN5O4/c1-2-3-8-24-16(21)15(17(26)23-19(24)28)25(11-13-5-4-9-29-13)18(27)12-6-7-14(20)22-10-12/h4-7,9-10H,2-3,8,11,21H2,1H3,(H,23,26,28). The number of aromatic nitrogens is 3. The van der Waals surface area contributed by atoms with Gasteiger partial charge in [-0.1, -0.05) is 24.9 Å². The van der Waals surface area contributed by atoms with Crippen molar-refractivity contribution >= 4 is 29.0 Å². The van der Waals surface area contributed by atoms with Crippen LogP contribution in [-0.2, 0) is 13.1 Å². The molecule has 0 atom stereocenters. The van der Waals surface area contributed by atoms with Gasteiger partial charge in [0.25, 0.3) is 11.5 Å². The van der Waals surface area contributed by atoms with Crippen molar-refractivity contribution in [2.75, 3.05) is 10.6 Å². The van der Waals surface area contributed by atoms with Gasteiger partial charge in [-0.15, -0.1) is 0 Å². The van der Waals surface area contributed by atoms with Crippen LogP contribution >= 0.6 is 11.6 Å². The summed E-state index contributed by atoms with van der Waals surface area (Å²) >= 11 is 5.80. The van der Waals surface area contributed by atoms with Crippen LogP contribution in [0.4, 0.5) is 11.5 Å². The number of nitrogen functional groups attached to an aromatic ring is 1. The number of hydrogen-bond acceptors (Lipinski definition) is 6. The van der Waals surface area contributed by atoms with E-state index in [4.69, 9.17) is 21.8 Å². The number of pyridine rings is 1. The zero-order valence-corrected chi connectivity index (χ0v) is 16.5. The van der Waals surface area contributed by atoms with E-state index in [9.17, 15) is 14.4 Å². The Hall–Kier alpha value is -3.33. The second-order valence-electron chi connectivity index (χ2n) is 6.34. The summed E-state index contributed by atoms with van der Waals surface area (Å²) in [7, 11) is 0. The van der Waals surface area contributed by atoms with E-state index in [0.717, 1.165) is 6.42 Å². The number of amides is 1. The number of H-pyrrole nitrogens is 1. The lowest BCUT2D eigenvalue weighted by molar-refractivity contribution is 0.0982. The van der Waals surface area contributed by atoms with Crippen LogP contribution in [0.15, 0.2) is 50.7 Å². The van der Waals surface area contributed by atoms with Crippen LogP contribution in [0.2, 0.25) is 5.15 Å². The minimum atomic E-state index is -0.762. The fourth-order valence-corrected chi connectivity index (χ4v) is 2.96. The first-order chi connectivity index (χ1) is 13.9. The van der Waals surface area contributed by atoms with Gasteiger partial charge in [-0.2, -0.15) is 0 Å². The number of aromatic amines is 1. The molecule has 3 heterocycles. The molecule has 0 aliphatic heterocycles. The molecule has 0 aliphatic carbocycles. The molecule has 3 rings (SSSR count). The Kier molecular flexibility index (Phi) is 6.18. The zero-order chi connectivity index (χ0) is 21.0. The maximum Gasteiger partial charge on any atom is 0.330 e. The molecule has 0 radical (unpaired) electrons. The largest absolute Gasteiger partial charge is 0.467 e. The van der Waals surface area contributed by atoms with E-state index in [1.165, 1.54) is 34.1 Å².